The summed E-state index contributed by atoms with van der Waals surface area (Å²) in [5, 5.41) is 0. The molecule has 17 heavy (non-hydrogen) atoms. The molecule has 0 heterocycles. The van der Waals surface area contributed by atoms with Crippen LogP contribution >= 0.6 is 0 Å². The first-order valence-corrected chi connectivity index (χ1v) is 6.29. The van der Waals surface area contributed by atoms with E-state index in [0.717, 1.165) is 5.56 Å². The first-order chi connectivity index (χ1) is 7.99. The molecular weight excluding hydrogens is 211 g/mol. The van der Waals surface area contributed by atoms with E-state index in [-0.39, 0.29) is 11.2 Å². The Morgan fingerprint density at radius 2 is 2.06 bits per heavy atom. The largest absolute Gasteiger partial charge is 0.207 e. The van der Waals surface area contributed by atoms with Gasteiger partial charge in [-0.15, -0.1) is 0 Å². The molecule has 1 radical (unpaired) electrons. The van der Waals surface area contributed by atoms with Crippen LogP contribution in [0.5, 0.6) is 0 Å². The topological polar surface area (TPSA) is 0 Å². The zero-order valence-electron chi connectivity index (χ0n) is 10.9. The molecule has 0 aliphatic heterocycles. The van der Waals surface area contributed by atoms with Crippen LogP contribution in [-0.4, -0.2) is 0 Å². The van der Waals surface area contributed by atoms with Gasteiger partial charge < -0.3 is 0 Å². The van der Waals surface area contributed by atoms with E-state index in [4.69, 9.17) is 0 Å². The highest BCUT2D eigenvalue weighted by atomic mass is 19.1. The number of allylic oxidation sites excluding steroid dienone is 2. The van der Waals surface area contributed by atoms with E-state index in [1.807, 2.05) is 6.07 Å². The summed E-state index contributed by atoms with van der Waals surface area (Å²) in [7, 11) is 0. The molecule has 0 amide bonds. The molecule has 0 saturated heterocycles. The molecule has 91 valence electrons. The van der Waals surface area contributed by atoms with Crippen molar-refractivity contribution in [1.29, 1.82) is 0 Å². The molecule has 0 N–H and O–H groups in total. The van der Waals surface area contributed by atoms with Crippen molar-refractivity contribution in [2.24, 2.45) is 5.41 Å². The molecule has 1 aromatic carbocycles. The summed E-state index contributed by atoms with van der Waals surface area (Å²) >= 11 is 0. The van der Waals surface area contributed by atoms with E-state index in [0.29, 0.717) is 0 Å². The van der Waals surface area contributed by atoms with E-state index in [2.05, 4.69) is 27.2 Å². The van der Waals surface area contributed by atoms with Crippen molar-refractivity contribution in [2.45, 2.75) is 40.0 Å². The lowest BCUT2D eigenvalue weighted by Gasteiger charge is -2.34. The Hall–Kier alpha value is -1.11. The number of hydrogen-bond donors (Lipinski definition) is 0. The third kappa shape index (κ3) is 2.77. The van der Waals surface area contributed by atoms with Crippen LogP contribution in [0.25, 0.3) is 0 Å². The van der Waals surface area contributed by atoms with Gasteiger partial charge in [0.2, 0.25) is 0 Å². The van der Waals surface area contributed by atoms with Gasteiger partial charge in [0, 0.05) is 6.42 Å². The van der Waals surface area contributed by atoms with E-state index >= 15 is 0 Å². The Morgan fingerprint density at radius 1 is 1.29 bits per heavy atom. The van der Waals surface area contributed by atoms with Gasteiger partial charge in [-0.2, -0.15) is 0 Å². The van der Waals surface area contributed by atoms with Gasteiger partial charge in [-0.1, -0.05) is 37.1 Å². The summed E-state index contributed by atoms with van der Waals surface area (Å²) in [6.45, 7) is 6.76. The van der Waals surface area contributed by atoms with Gasteiger partial charge in [-0.05, 0) is 49.3 Å². The minimum atomic E-state index is -0.161. The molecule has 0 saturated carbocycles. The maximum atomic E-state index is 13.2. The van der Waals surface area contributed by atoms with Gasteiger partial charge in [0.1, 0.15) is 5.82 Å². The highest BCUT2D eigenvalue weighted by Gasteiger charge is 2.28. The Labute approximate surface area is 104 Å². The maximum absolute atomic E-state index is 13.2. The zero-order chi connectivity index (χ0) is 12.5. The first-order valence-electron chi connectivity index (χ1n) is 6.29. The molecule has 0 spiro atoms. The van der Waals surface area contributed by atoms with E-state index in [1.165, 1.54) is 36.5 Å². The van der Waals surface area contributed by atoms with Crippen LogP contribution in [0.4, 0.5) is 4.39 Å². The quantitative estimate of drug-likeness (QED) is 0.678. The minimum absolute atomic E-state index is 0.161. The van der Waals surface area contributed by atoms with Crippen molar-refractivity contribution in [3.05, 3.63) is 53.2 Å². The highest BCUT2D eigenvalue weighted by Crippen LogP contribution is 2.42. The molecule has 1 aliphatic carbocycles. The Kier molecular flexibility index (Phi) is 3.37. The fourth-order valence-corrected chi connectivity index (χ4v) is 2.72. The van der Waals surface area contributed by atoms with Crippen molar-refractivity contribution in [1.82, 2.24) is 0 Å². The van der Waals surface area contributed by atoms with Gasteiger partial charge >= 0.3 is 0 Å². The molecule has 2 rings (SSSR count). The number of rotatable bonds is 2. The van der Waals surface area contributed by atoms with Gasteiger partial charge in [-0.3, -0.25) is 0 Å². The van der Waals surface area contributed by atoms with Crippen molar-refractivity contribution in [3.63, 3.8) is 0 Å². The average Bonchev–Trinajstić information content (AvgIpc) is 2.23. The summed E-state index contributed by atoms with van der Waals surface area (Å²) in [4.78, 5) is 0. The summed E-state index contributed by atoms with van der Waals surface area (Å²) < 4.78 is 13.2. The van der Waals surface area contributed by atoms with Gasteiger partial charge in [0.15, 0.2) is 0 Å². The van der Waals surface area contributed by atoms with Crippen LogP contribution in [0.15, 0.2) is 35.4 Å². The van der Waals surface area contributed by atoms with Crippen LogP contribution in [0.2, 0.25) is 0 Å². The fourth-order valence-electron chi connectivity index (χ4n) is 2.72. The van der Waals surface area contributed by atoms with Crippen molar-refractivity contribution < 1.29 is 4.39 Å². The summed E-state index contributed by atoms with van der Waals surface area (Å²) in [5.41, 5.74) is 4.02. The van der Waals surface area contributed by atoms with Crippen molar-refractivity contribution in [2.75, 3.05) is 0 Å². The summed E-state index contributed by atoms with van der Waals surface area (Å²) in [5.74, 6) is -0.161. The summed E-state index contributed by atoms with van der Waals surface area (Å²) in [6.07, 6.45) is 5.80. The first kappa shape index (κ1) is 12.3. The second kappa shape index (κ2) is 4.64. The Morgan fingerprint density at radius 3 is 2.71 bits per heavy atom. The van der Waals surface area contributed by atoms with Crippen LogP contribution in [0.3, 0.4) is 0 Å². The van der Waals surface area contributed by atoms with Crippen LogP contribution in [0, 0.1) is 17.7 Å². The summed E-state index contributed by atoms with van der Waals surface area (Å²) in [6, 6.07) is 6.83. The van der Waals surface area contributed by atoms with E-state index in [9.17, 15) is 4.39 Å². The standard InChI is InChI=1S/C16H20F/c1-12-6-5-9-16(2,3)15(12)11-13-7-4-8-14(17)10-13/h4,7-8,10-11H,5-6,9H2,1-3H3. The normalized spacial score (nSPS) is 19.5. The zero-order valence-corrected chi connectivity index (χ0v) is 10.9. The smallest absolute Gasteiger partial charge is 0.123 e. The molecule has 0 nitrogen and oxygen atoms in total. The third-order valence-electron chi connectivity index (χ3n) is 3.70. The maximum Gasteiger partial charge on any atom is 0.123 e. The van der Waals surface area contributed by atoms with Gasteiger partial charge in [-0.25, -0.2) is 4.39 Å². The molecule has 0 fully saturated rings. The Bertz CT molecular complexity index is 441. The monoisotopic (exact) mass is 231 g/mol. The molecule has 1 aromatic rings. The van der Waals surface area contributed by atoms with Crippen LogP contribution < -0.4 is 0 Å². The molecule has 0 atom stereocenters. The molecule has 1 aliphatic rings. The molecule has 1 heteroatoms. The predicted molar refractivity (Wildman–Crippen MR) is 70.1 cm³/mol. The lowest BCUT2D eigenvalue weighted by molar-refractivity contribution is 0.372. The van der Waals surface area contributed by atoms with E-state index < -0.39 is 0 Å². The Balaban J connectivity index is 2.28. The van der Waals surface area contributed by atoms with Gasteiger partial charge in [0.05, 0.1) is 0 Å². The average molecular weight is 231 g/mol. The lowest BCUT2D eigenvalue weighted by Crippen LogP contribution is -2.21. The van der Waals surface area contributed by atoms with Crippen LogP contribution in [0.1, 0.15) is 45.6 Å². The van der Waals surface area contributed by atoms with Gasteiger partial charge in [0.25, 0.3) is 0 Å². The third-order valence-corrected chi connectivity index (χ3v) is 3.70. The lowest BCUT2D eigenvalue weighted by atomic mass is 9.71. The number of benzene rings is 1. The minimum Gasteiger partial charge on any atom is -0.207 e. The number of halogens is 1. The number of hydrogen-bond acceptors (Lipinski definition) is 0. The van der Waals surface area contributed by atoms with E-state index in [1.54, 1.807) is 12.1 Å². The second-order valence-electron chi connectivity index (χ2n) is 5.63. The highest BCUT2D eigenvalue weighted by molar-refractivity contribution is 5.40. The molecule has 0 bridgehead atoms. The predicted octanol–water partition coefficient (Wildman–Crippen LogP) is 4.90. The van der Waals surface area contributed by atoms with Crippen molar-refractivity contribution >= 4 is 0 Å². The SMILES string of the molecule is CC1=C([CH]c2cccc(F)c2)C(C)(C)CCC1. The molecule has 0 aromatic heterocycles. The molecule has 0 unspecified atom stereocenters. The van der Waals surface area contributed by atoms with Crippen molar-refractivity contribution in [3.8, 4) is 0 Å². The fraction of sp³-hybridized carbons (Fsp3) is 0.438. The second-order valence-corrected chi connectivity index (χ2v) is 5.63. The van der Waals surface area contributed by atoms with Crippen LogP contribution in [-0.2, 0) is 0 Å². The molecular formula is C16H20F.